The molecule has 2 amide bonds. The molecule has 2 aliphatic rings. The molecule has 0 saturated carbocycles. The molecule has 0 N–H and O–H groups in total. The Labute approximate surface area is 194 Å². The number of amides is 2. The summed E-state index contributed by atoms with van der Waals surface area (Å²) in [5.74, 6) is -0.749. The van der Waals surface area contributed by atoms with Crippen LogP contribution in [0, 0.1) is 12.8 Å². The first kappa shape index (κ1) is 20.7. The number of carbonyl (C=O) groups excluding carboxylic acids is 2. The number of hydrogen-bond donors (Lipinski definition) is 0. The van der Waals surface area contributed by atoms with E-state index in [0.717, 1.165) is 21.3 Å². The fraction of sp³-hybridized carbons (Fsp3) is 0.200. The third kappa shape index (κ3) is 3.38. The molecule has 0 spiro atoms. The predicted molar refractivity (Wildman–Crippen MR) is 124 cm³/mol. The van der Waals surface area contributed by atoms with Crippen LogP contribution in [0.3, 0.4) is 0 Å². The molecule has 32 heavy (non-hydrogen) atoms. The third-order valence-corrected chi connectivity index (χ3v) is 6.40. The first-order valence-corrected chi connectivity index (χ1v) is 11.1. The number of anilines is 2. The summed E-state index contributed by atoms with van der Waals surface area (Å²) >= 11 is 3.50. The molecule has 3 aromatic rings. The number of imide groups is 1. The Kier molecular flexibility index (Phi) is 5.23. The first-order chi connectivity index (χ1) is 15.5. The summed E-state index contributed by atoms with van der Waals surface area (Å²) in [5.41, 5.74) is 3.28. The highest BCUT2D eigenvalue weighted by molar-refractivity contribution is 9.10. The van der Waals surface area contributed by atoms with Crippen LogP contribution in [0.2, 0.25) is 0 Å². The van der Waals surface area contributed by atoms with Gasteiger partial charge in [-0.1, -0.05) is 57.9 Å². The lowest BCUT2D eigenvalue weighted by Gasteiger charge is -2.29. The quantitative estimate of drug-likeness (QED) is 0.488. The number of fused-ring (bicyclic) bond motifs is 1. The first-order valence-electron chi connectivity index (χ1n) is 10.3. The van der Waals surface area contributed by atoms with Crippen LogP contribution >= 0.6 is 15.9 Å². The molecular weight excluding hydrogens is 472 g/mol. The molecule has 3 aromatic carbocycles. The molecule has 6 nitrogen and oxygen atoms in total. The minimum atomic E-state index is -0.904. The summed E-state index contributed by atoms with van der Waals surface area (Å²) in [4.78, 5) is 34.4. The molecule has 7 heteroatoms. The zero-order valence-corrected chi connectivity index (χ0v) is 19.2. The van der Waals surface area contributed by atoms with Crippen molar-refractivity contribution >= 4 is 39.1 Å². The molecule has 2 heterocycles. The van der Waals surface area contributed by atoms with E-state index in [1.54, 1.807) is 36.4 Å². The summed E-state index contributed by atoms with van der Waals surface area (Å²) in [6, 6.07) is 22.1. The van der Waals surface area contributed by atoms with Crippen molar-refractivity contribution in [1.29, 1.82) is 0 Å². The molecule has 2 saturated heterocycles. The molecular formula is C25H21BrN2O4. The van der Waals surface area contributed by atoms with Gasteiger partial charge in [-0.25, -0.2) is 9.96 Å². The van der Waals surface area contributed by atoms with E-state index in [4.69, 9.17) is 9.57 Å². The lowest BCUT2D eigenvalue weighted by molar-refractivity contribution is -0.126. The predicted octanol–water partition coefficient (Wildman–Crippen LogP) is 4.82. The van der Waals surface area contributed by atoms with Gasteiger partial charge in [0.05, 0.1) is 24.5 Å². The lowest BCUT2D eigenvalue weighted by atomic mass is 9.90. The zero-order chi connectivity index (χ0) is 22.4. The second-order valence-corrected chi connectivity index (χ2v) is 8.84. The SMILES string of the molecule is COc1cccc(N2C(=O)[C@H]3[C@H](ON(c4cccc(Br)c4)[C@H]3c3ccc(C)cc3)C2=O)c1. The minimum absolute atomic E-state index is 0.281. The maximum Gasteiger partial charge on any atom is 0.266 e. The van der Waals surface area contributed by atoms with Gasteiger partial charge in [0.2, 0.25) is 5.91 Å². The Hall–Kier alpha value is -3.16. The normalized spacial score (nSPS) is 22.4. The number of hydrogen-bond acceptors (Lipinski definition) is 5. The molecule has 162 valence electrons. The van der Waals surface area contributed by atoms with Gasteiger partial charge in [-0.05, 0) is 42.8 Å². The number of methoxy groups -OCH3 is 1. The van der Waals surface area contributed by atoms with Gasteiger partial charge in [0.25, 0.3) is 5.91 Å². The standard InChI is InChI=1S/C25H21BrN2O4/c1-15-9-11-16(12-10-15)22-21-23(32-28(22)19-7-3-5-17(26)13-19)25(30)27(24(21)29)18-6-4-8-20(14-18)31-2/h3-14,21-23H,1-2H3/t21-,22+,23+/m1/s1. The second kappa shape index (κ2) is 8.07. The van der Waals surface area contributed by atoms with E-state index < -0.39 is 18.1 Å². The Bertz CT molecular complexity index is 1200. The molecule has 0 radical (unpaired) electrons. The Balaban J connectivity index is 1.58. The van der Waals surface area contributed by atoms with E-state index in [0.29, 0.717) is 11.4 Å². The fourth-order valence-corrected chi connectivity index (χ4v) is 4.75. The van der Waals surface area contributed by atoms with Gasteiger partial charge in [0.15, 0.2) is 6.10 Å². The van der Waals surface area contributed by atoms with Crippen LogP contribution in [0.25, 0.3) is 0 Å². The van der Waals surface area contributed by atoms with Crippen LogP contribution in [-0.4, -0.2) is 25.0 Å². The van der Waals surface area contributed by atoms with Crippen molar-refractivity contribution in [2.24, 2.45) is 5.92 Å². The van der Waals surface area contributed by atoms with E-state index >= 15 is 0 Å². The van der Waals surface area contributed by atoms with Crippen LogP contribution in [0.4, 0.5) is 11.4 Å². The maximum absolute atomic E-state index is 13.6. The number of carbonyl (C=O) groups is 2. The Morgan fingerprint density at radius 3 is 2.34 bits per heavy atom. The summed E-state index contributed by atoms with van der Waals surface area (Å²) < 4.78 is 6.16. The Morgan fingerprint density at radius 1 is 0.906 bits per heavy atom. The lowest BCUT2D eigenvalue weighted by Crippen LogP contribution is -2.37. The highest BCUT2D eigenvalue weighted by Gasteiger charge is 2.60. The monoisotopic (exact) mass is 492 g/mol. The van der Waals surface area contributed by atoms with E-state index in [9.17, 15) is 9.59 Å². The van der Waals surface area contributed by atoms with E-state index in [1.165, 1.54) is 4.90 Å². The van der Waals surface area contributed by atoms with Crippen molar-refractivity contribution in [3.63, 3.8) is 0 Å². The van der Waals surface area contributed by atoms with Crippen molar-refractivity contribution in [1.82, 2.24) is 0 Å². The number of nitrogens with zero attached hydrogens (tertiary/aromatic N) is 2. The number of rotatable bonds is 4. The highest BCUT2D eigenvalue weighted by Crippen LogP contribution is 2.48. The van der Waals surface area contributed by atoms with E-state index in [-0.39, 0.29) is 11.8 Å². The molecule has 2 fully saturated rings. The highest BCUT2D eigenvalue weighted by atomic mass is 79.9. The van der Waals surface area contributed by atoms with E-state index in [1.807, 2.05) is 55.5 Å². The number of benzene rings is 3. The van der Waals surface area contributed by atoms with Crippen molar-refractivity contribution in [2.75, 3.05) is 17.1 Å². The van der Waals surface area contributed by atoms with Gasteiger partial charge in [-0.2, -0.15) is 0 Å². The van der Waals surface area contributed by atoms with Gasteiger partial charge in [0, 0.05) is 10.5 Å². The minimum Gasteiger partial charge on any atom is -0.497 e. The fourth-order valence-electron chi connectivity index (χ4n) is 4.36. The molecule has 0 aromatic heterocycles. The van der Waals surface area contributed by atoms with Crippen molar-refractivity contribution in [3.05, 3.63) is 88.4 Å². The van der Waals surface area contributed by atoms with Crippen molar-refractivity contribution in [3.8, 4) is 5.75 Å². The maximum atomic E-state index is 13.6. The summed E-state index contributed by atoms with van der Waals surface area (Å²) in [5, 5.41) is 1.70. The second-order valence-electron chi connectivity index (χ2n) is 7.93. The van der Waals surface area contributed by atoms with Gasteiger partial charge in [-0.15, -0.1) is 0 Å². The zero-order valence-electron chi connectivity index (χ0n) is 17.6. The van der Waals surface area contributed by atoms with E-state index in [2.05, 4.69) is 15.9 Å². The average Bonchev–Trinajstić information content (AvgIpc) is 3.30. The molecule has 5 rings (SSSR count). The average molecular weight is 493 g/mol. The van der Waals surface area contributed by atoms with Crippen molar-refractivity contribution in [2.45, 2.75) is 19.1 Å². The molecule has 0 aliphatic carbocycles. The number of aryl methyl sites for hydroxylation is 1. The molecule has 2 aliphatic heterocycles. The van der Waals surface area contributed by atoms with Crippen LogP contribution in [0.5, 0.6) is 5.75 Å². The van der Waals surface area contributed by atoms with Crippen LogP contribution in [0.15, 0.2) is 77.3 Å². The Morgan fingerprint density at radius 2 is 1.62 bits per heavy atom. The smallest absolute Gasteiger partial charge is 0.266 e. The van der Waals surface area contributed by atoms with Gasteiger partial charge in [0.1, 0.15) is 11.7 Å². The molecule has 3 atom stereocenters. The number of ether oxygens (including phenoxy) is 1. The van der Waals surface area contributed by atoms with Crippen LogP contribution < -0.4 is 14.7 Å². The third-order valence-electron chi connectivity index (χ3n) is 5.91. The van der Waals surface area contributed by atoms with Crippen molar-refractivity contribution < 1.29 is 19.2 Å². The summed E-state index contributed by atoms with van der Waals surface area (Å²) in [6.45, 7) is 2.01. The molecule has 0 unspecified atom stereocenters. The van der Waals surface area contributed by atoms with Gasteiger partial charge < -0.3 is 4.74 Å². The molecule has 0 bridgehead atoms. The summed E-state index contributed by atoms with van der Waals surface area (Å²) in [7, 11) is 1.55. The largest absolute Gasteiger partial charge is 0.497 e. The van der Waals surface area contributed by atoms with Crippen LogP contribution in [0.1, 0.15) is 17.2 Å². The van der Waals surface area contributed by atoms with Crippen LogP contribution in [-0.2, 0) is 14.4 Å². The summed E-state index contributed by atoms with van der Waals surface area (Å²) in [6.07, 6.45) is -0.904. The van der Waals surface area contributed by atoms with Gasteiger partial charge >= 0.3 is 0 Å². The number of halogens is 1. The number of hydroxylamine groups is 1. The van der Waals surface area contributed by atoms with Gasteiger partial charge in [-0.3, -0.25) is 14.4 Å². The topological polar surface area (TPSA) is 59.1 Å².